The number of hydrogen-bond acceptors (Lipinski definition) is 2. The molecule has 4 rings (SSSR count). The van der Waals surface area contributed by atoms with Gasteiger partial charge in [0.15, 0.2) is 0 Å². The van der Waals surface area contributed by atoms with E-state index >= 15 is 0 Å². The Kier molecular flexibility index (Phi) is 4.67. The molecule has 0 aliphatic rings. The third kappa shape index (κ3) is 3.58. The van der Waals surface area contributed by atoms with Gasteiger partial charge in [-0.1, -0.05) is 78.9 Å². The molecule has 0 saturated heterocycles. The van der Waals surface area contributed by atoms with Gasteiger partial charge in [0.2, 0.25) is 0 Å². The van der Waals surface area contributed by atoms with E-state index in [0.29, 0.717) is 12.1 Å². The Labute approximate surface area is 158 Å². The molecule has 27 heavy (non-hydrogen) atoms. The number of nitrogens with zero attached hydrogens (tertiary/aromatic N) is 1. The lowest BCUT2D eigenvalue weighted by atomic mass is 9.98. The van der Waals surface area contributed by atoms with Gasteiger partial charge in [-0.3, -0.25) is 9.78 Å². The van der Waals surface area contributed by atoms with E-state index < -0.39 is 0 Å². The number of fused-ring (bicyclic) bond motifs is 1. The fourth-order valence-electron chi connectivity index (χ4n) is 3.29. The Morgan fingerprint density at radius 2 is 1.59 bits per heavy atom. The smallest absolute Gasteiger partial charge is 0.252 e. The molecular formula is C24H20N2O. The second-order valence-corrected chi connectivity index (χ2v) is 6.55. The van der Waals surface area contributed by atoms with Crippen LogP contribution in [0.25, 0.3) is 22.0 Å². The minimum atomic E-state index is -0.0837. The summed E-state index contributed by atoms with van der Waals surface area (Å²) >= 11 is 0. The number of carbonyl (C=O) groups is 1. The highest BCUT2D eigenvalue weighted by Crippen LogP contribution is 2.29. The number of carbonyl (C=O) groups excluding carboxylic acids is 1. The Morgan fingerprint density at radius 1 is 0.889 bits per heavy atom. The number of aromatic nitrogens is 1. The first kappa shape index (κ1) is 17.0. The normalized spacial score (nSPS) is 10.7. The van der Waals surface area contributed by atoms with Crippen molar-refractivity contribution in [1.82, 2.24) is 10.3 Å². The molecule has 0 radical (unpaired) electrons. The van der Waals surface area contributed by atoms with E-state index in [0.717, 1.165) is 33.3 Å². The zero-order valence-corrected chi connectivity index (χ0v) is 15.1. The summed E-state index contributed by atoms with van der Waals surface area (Å²) in [5.74, 6) is -0.0837. The molecule has 0 atom stereocenters. The zero-order chi connectivity index (χ0) is 18.6. The Balaban J connectivity index is 1.74. The second kappa shape index (κ2) is 7.42. The number of hydrogen-bond donors (Lipinski definition) is 1. The molecule has 132 valence electrons. The van der Waals surface area contributed by atoms with Crippen LogP contribution in [0.2, 0.25) is 0 Å². The number of benzene rings is 3. The van der Waals surface area contributed by atoms with Gasteiger partial charge in [0.05, 0.1) is 11.1 Å². The molecule has 3 aromatic carbocycles. The molecule has 1 N–H and O–H groups in total. The molecule has 0 aliphatic carbocycles. The molecule has 0 saturated carbocycles. The lowest BCUT2D eigenvalue weighted by Gasteiger charge is -2.12. The average molecular weight is 352 g/mol. The highest BCUT2D eigenvalue weighted by Gasteiger charge is 2.14. The molecular weight excluding hydrogens is 332 g/mol. The van der Waals surface area contributed by atoms with E-state index in [1.165, 1.54) is 0 Å². The molecule has 1 amide bonds. The lowest BCUT2D eigenvalue weighted by Crippen LogP contribution is -2.23. The van der Waals surface area contributed by atoms with Gasteiger partial charge in [0.1, 0.15) is 0 Å². The van der Waals surface area contributed by atoms with E-state index in [2.05, 4.69) is 23.5 Å². The number of amides is 1. The van der Waals surface area contributed by atoms with Crippen molar-refractivity contribution in [3.63, 3.8) is 0 Å². The lowest BCUT2D eigenvalue weighted by molar-refractivity contribution is 0.0952. The van der Waals surface area contributed by atoms with E-state index in [4.69, 9.17) is 4.98 Å². The van der Waals surface area contributed by atoms with Crippen molar-refractivity contribution in [2.45, 2.75) is 13.5 Å². The van der Waals surface area contributed by atoms with Crippen LogP contribution in [0.1, 0.15) is 21.6 Å². The topological polar surface area (TPSA) is 42.0 Å². The Hall–Kier alpha value is -3.46. The molecule has 0 fully saturated rings. The van der Waals surface area contributed by atoms with Crippen LogP contribution in [0.5, 0.6) is 0 Å². The molecule has 0 bridgehead atoms. The van der Waals surface area contributed by atoms with Crippen molar-refractivity contribution in [3.05, 3.63) is 102 Å². The number of nitrogens with one attached hydrogen (secondary N) is 1. The van der Waals surface area contributed by atoms with Crippen molar-refractivity contribution in [3.8, 4) is 11.1 Å². The van der Waals surface area contributed by atoms with E-state index in [9.17, 15) is 4.79 Å². The minimum absolute atomic E-state index is 0.0837. The average Bonchev–Trinajstić information content (AvgIpc) is 2.72. The monoisotopic (exact) mass is 352 g/mol. The first-order valence-corrected chi connectivity index (χ1v) is 9.00. The van der Waals surface area contributed by atoms with Gasteiger partial charge in [-0.2, -0.15) is 0 Å². The van der Waals surface area contributed by atoms with Crippen LogP contribution in [0.4, 0.5) is 0 Å². The molecule has 3 nitrogen and oxygen atoms in total. The molecule has 4 aromatic rings. The van der Waals surface area contributed by atoms with Crippen molar-refractivity contribution in [2.24, 2.45) is 0 Å². The number of pyridine rings is 1. The van der Waals surface area contributed by atoms with Crippen LogP contribution in [0, 0.1) is 6.92 Å². The summed E-state index contributed by atoms with van der Waals surface area (Å²) in [4.78, 5) is 17.6. The first-order chi connectivity index (χ1) is 13.2. The second-order valence-electron chi connectivity index (χ2n) is 6.55. The van der Waals surface area contributed by atoms with Crippen molar-refractivity contribution < 1.29 is 4.79 Å². The fraction of sp³-hybridized carbons (Fsp3) is 0.0833. The summed E-state index contributed by atoms with van der Waals surface area (Å²) in [7, 11) is 0. The van der Waals surface area contributed by atoms with Crippen molar-refractivity contribution in [1.29, 1.82) is 0 Å². The molecule has 0 unspecified atom stereocenters. The maximum absolute atomic E-state index is 12.9. The van der Waals surface area contributed by atoms with Gasteiger partial charge in [0, 0.05) is 23.2 Å². The van der Waals surface area contributed by atoms with Crippen LogP contribution in [0.15, 0.2) is 84.9 Å². The predicted molar refractivity (Wildman–Crippen MR) is 110 cm³/mol. The van der Waals surface area contributed by atoms with Gasteiger partial charge >= 0.3 is 0 Å². The summed E-state index contributed by atoms with van der Waals surface area (Å²) in [6.07, 6.45) is 0. The summed E-state index contributed by atoms with van der Waals surface area (Å²) in [6.45, 7) is 2.43. The maximum atomic E-state index is 12.9. The molecule has 1 heterocycles. The van der Waals surface area contributed by atoms with Crippen LogP contribution in [-0.4, -0.2) is 10.9 Å². The SMILES string of the molecule is Cc1cc(C(=O)NCc2ccccc2)c2cccc(-c3ccccc3)c2n1. The minimum Gasteiger partial charge on any atom is -0.348 e. The highest BCUT2D eigenvalue weighted by atomic mass is 16.1. The zero-order valence-electron chi connectivity index (χ0n) is 15.1. The third-order valence-electron chi connectivity index (χ3n) is 4.59. The summed E-state index contributed by atoms with van der Waals surface area (Å²) < 4.78 is 0. The molecule has 3 heteroatoms. The molecule has 0 spiro atoms. The summed E-state index contributed by atoms with van der Waals surface area (Å²) in [5, 5.41) is 3.90. The molecule has 0 aliphatic heterocycles. The van der Waals surface area contributed by atoms with Gasteiger partial charge in [-0.15, -0.1) is 0 Å². The number of para-hydroxylation sites is 1. The Morgan fingerprint density at radius 3 is 2.33 bits per heavy atom. The van der Waals surface area contributed by atoms with Crippen molar-refractivity contribution in [2.75, 3.05) is 0 Å². The van der Waals surface area contributed by atoms with Crippen LogP contribution < -0.4 is 5.32 Å². The summed E-state index contributed by atoms with van der Waals surface area (Å²) in [5.41, 5.74) is 5.55. The highest BCUT2D eigenvalue weighted by molar-refractivity contribution is 6.09. The maximum Gasteiger partial charge on any atom is 0.252 e. The van der Waals surface area contributed by atoms with Gasteiger partial charge in [-0.25, -0.2) is 0 Å². The van der Waals surface area contributed by atoms with Gasteiger partial charge in [-0.05, 0) is 24.1 Å². The standard InChI is InChI=1S/C24H20N2O/c1-17-15-22(24(27)25-16-18-9-4-2-5-10-18)21-14-8-13-20(23(21)26-17)19-11-6-3-7-12-19/h2-15H,16H2,1H3,(H,25,27). The first-order valence-electron chi connectivity index (χ1n) is 9.00. The molecule has 1 aromatic heterocycles. The third-order valence-corrected chi connectivity index (χ3v) is 4.59. The predicted octanol–water partition coefficient (Wildman–Crippen LogP) is 5.14. The summed E-state index contributed by atoms with van der Waals surface area (Å²) in [6, 6.07) is 27.9. The number of rotatable bonds is 4. The van der Waals surface area contributed by atoms with Crippen LogP contribution in [0.3, 0.4) is 0 Å². The van der Waals surface area contributed by atoms with Crippen LogP contribution >= 0.6 is 0 Å². The van der Waals surface area contributed by atoms with E-state index in [-0.39, 0.29) is 5.91 Å². The number of aryl methyl sites for hydroxylation is 1. The van der Waals surface area contributed by atoms with Crippen LogP contribution in [-0.2, 0) is 6.54 Å². The van der Waals surface area contributed by atoms with E-state index in [1.807, 2.05) is 73.7 Å². The largest absolute Gasteiger partial charge is 0.348 e. The van der Waals surface area contributed by atoms with Gasteiger partial charge < -0.3 is 5.32 Å². The van der Waals surface area contributed by atoms with Crippen molar-refractivity contribution >= 4 is 16.8 Å². The fourth-order valence-corrected chi connectivity index (χ4v) is 3.29. The Bertz CT molecular complexity index is 1090. The van der Waals surface area contributed by atoms with E-state index in [1.54, 1.807) is 0 Å². The van der Waals surface area contributed by atoms with Gasteiger partial charge in [0.25, 0.3) is 5.91 Å². The quantitative estimate of drug-likeness (QED) is 0.552.